The lowest BCUT2D eigenvalue weighted by molar-refractivity contribution is -0.125. The summed E-state index contributed by atoms with van der Waals surface area (Å²) < 4.78 is 11.0. The fourth-order valence-corrected chi connectivity index (χ4v) is 3.30. The van der Waals surface area contributed by atoms with Gasteiger partial charge in [0.15, 0.2) is 0 Å². The summed E-state index contributed by atoms with van der Waals surface area (Å²) in [6, 6.07) is 8.39. The van der Waals surface area contributed by atoms with Gasteiger partial charge in [-0.1, -0.05) is 26.0 Å². The summed E-state index contributed by atoms with van der Waals surface area (Å²) in [5, 5.41) is 3.17. The minimum atomic E-state index is 0.102. The molecule has 2 rings (SSSR count). The first-order chi connectivity index (χ1) is 12.2. The summed E-state index contributed by atoms with van der Waals surface area (Å²) in [4.78, 5) is 14.8. The summed E-state index contributed by atoms with van der Waals surface area (Å²) in [6.45, 7) is 10.7. The molecule has 1 unspecified atom stereocenters. The highest BCUT2D eigenvalue weighted by Crippen LogP contribution is 2.24. The van der Waals surface area contributed by atoms with Crippen LogP contribution in [-0.2, 0) is 9.53 Å². The molecule has 1 aliphatic rings. The maximum absolute atomic E-state index is 12.4. The molecule has 1 saturated heterocycles. The standard InChI is InChI=1S/C20H32N2O3/c1-4-16(5-2)20(23)21-15-19(22-11-13-24-14-12-22)17-7-9-18(10-8-17)25-6-3/h7-10,16,19H,4-6,11-15H2,1-3H3,(H,21,23). The molecule has 1 aromatic carbocycles. The van der Waals surface area contributed by atoms with E-state index in [4.69, 9.17) is 9.47 Å². The van der Waals surface area contributed by atoms with Gasteiger partial charge in [-0.15, -0.1) is 0 Å². The van der Waals surface area contributed by atoms with E-state index in [0.717, 1.165) is 44.9 Å². The number of amides is 1. The van der Waals surface area contributed by atoms with Gasteiger partial charge in [0, 0.05) is 25.6 Å². The Bertz CT molecular complexity index is 508. The van der Waals surface area contributed by atoms with Crippen molar-refractivity contribution in [2.75, 3.05) is 39.5 Å². The van der Waals surface area contributed by atoms with E-state index in [9.17, 15) is 4.79 Å². The minimum absolute atomic E-state index is 0.102. The third kappa shape index (κ3) is 5.72. The molecule has 1 fully saturated rings. The Morgan fingerprint density at radius 2 is 1.80 bits per heavy atom. The number of rotatable bonds is 9. The predicted molar refractivity (Wildman–Crippen MR) is 99.8 cm³/mol. The topological polar surface area (TPSA) is 50.8 Å². The largest absolute Gasteiger partial charge is 0.494 e. The molecule has 5 heteroatoms. The number of nitrogens with one attached hydrogen (secondary N) is 1. The molecular formula is C20H32N2O3. The van der Waals surface area contributed by atoms with Gasteiger partial charge in [0.2, 0.25) is 5.91 Å². The average Bonchev–Trinajstić information content (AvgIpc) is 2.65. The van der Waals surface area contributed by atoms with Gasteiger partial charge in [-0.05, 0) is 37.5 Å². The number of carbonyl (C=O) groups excluding carboxylic acids is 1. The smallest absolute Gasteiger partial charge is 0.223 e. The van der Waals surface area contributed by atoms with Gasteiger partial charge in [-0.3, -0.25) is 9.69 Å². The molecule has 0 spiro atoms. The van der Waals surface area contributed by atoms with Crippen molar-refractivity contribution in [2.24, 2.45) is 5.92 Å². The quantitative estimate of drug-likeness (QED) is 0.745. The molecular weight excluding hydrogens is 316 g/mol. The Hall–Kier alpha value is -1.59. The molecule has 1 aliphatic heterocycles. The molecule has 1 atom stereocenters. The van der Waals surface area contributed by atoms with Crippen LogP contribution in [0.2, 0.25) is 0 Å². The monoisotopic (exact) mass is 348 g/mol. The second-order valence-electron chi connectivity index (χ2n) is 6.42. The molecule has 5 nitrogen and oxygen atoms in total. The fraction of sp³-hybridized carbons (Fsp3) is 0.650. The van der Waals surface area contributed by atoms with E-state index < -0.39 is 0 Å². The fourth-order valence-electron chi connectivity index (χ4n) is 3.30. The molecule has 1 N–H and O–H groups in total. The van der Waals surface area contributed by atoms with Gasteiger partial charge in [-0.2, -0.15) is 0 Å². The van der Waals surface area contributed by atoms with Crippen molar-refractivity contribution in [3.8, 4) is 5.75 Å². The Labute approximate surface area is 151 Å². The van der Waals surface area contributed by atoms with E-state index >= 15 is 0 Å². The van der Waals surface area contributed by atoms with Crippen molar-refractivity contribution in [1.82, 2.24) is 10.2 Å². The molecule has 0 radical (unpaired) electrons. The Kier molecular flexibility index (Phi) is 8.22. The summed E-state index contributed by atoms with van der Waals surface area (Å²) in [5.41, 5.74) is 1.20. The van der Waals surface area contributed by atoms with Crippen LogP contribution >= 0.6 is 0 Å². The van der Waals surface area contributed by atoms with Crippen molar-refractivity contribution in [2.45, 2.75) is 39.7 Å². The van der Waals surface area contributed by atoms with Crippen LogP contribution < -0.4 is 10.1 Å². The van der Waals surface area contributed by atoms with E-state index in [1.165, 1.54) is 5.56 Å². The van der Waals surface area contributed by atoms with Crippen LogP contribution in [0.1, 0.15) is 45.2 Å². The SMILES string of the molecule is CCOc1ccc(C(CNC(=O)C(CC)CC)N2CCOCC2)cc1. The van der Waals surface area contributed by atoms with Crippen molar-refractivity contribution in [3.63, 3.8) is 0 Å². The van der Waals surface area contributed by atoms with Gasteiger partial charge in [-0.25, -0.2) is 0 Å². The lowest BCUT2D eigenvalue weighted by Crippen LogP contribution is -2.44. The average molecular weight is 348 g/mol. The summed E-state index contributed by atoms with van der Waals surface area (Å²) in [6.07, 6.45) is 1.77. The van der Waals surface area contributed by atoms with E-state index in [-0.39, 0.29) is 17.9 Å². The van der Waals surface area contributed by atoms with Crippen LogP contribution in [0.3, 0.4) is 0 Å². The molecule has 0 saturated carbocycles. The van der Waals surface area contributed by atoms with Crippen LogP contribution in [-0.4, -0.2) is 50.3 Å². The highest BCUT2D eigenvalue weighted by Gasteiger charge is 2.24. The van der Waals surface area contributed by atoms with Gasteiger partial charge in [0.25, 0.3) is 0 Å². The van der Waals surface area contributed by atoms with Crippen molar-refractivity contribution in [3.05, 3.63) is 29.8 Å². The van der Waals surface area contributed by atoms with Crippen LogP contribution in [0.15, 0.2) is 24.3 Å². The molecule has 25 heavy (non-hydrogen) atoms. The Morgan fingerprint density at radius 3 is 2.36 bits per heavy atom. The molecule has 0 aliphatic carbocycles. The zero-order valence-corrected chi connectivity index (χ0v) is 15.8. The van der Waals surface area contributed by atoms with Gasteiger partial charge in [0.05, 0.1) is 25.9 Å². The first-order valence-corrected chi connectivity index (χ1v) is 9.51. The van der Waals surface area contributed by atoms with Crippen LogP contribution in [0, 0.1) is 5.92 Å². The summed E-state index contributed by atoms with van der Waals surface area (Å²) >= 11 is 0. The van der Waals surface area contributed by atoms with Crippen LogP contribution in [0.25, 0.3) is 0 Å². The van der Waals surface area contributed by atoms with E-state index in [2.05, 4.69) is 36.2 Å². The highest BCUT2D eigenvalue weighted by molar-refractivity contribution is 5.78. The number of hydrogen-bond donors (Lipinski definition) is 1. The lowest BCUT2D eigenvalue weighted by atomic mass is 10.0. The number of carbonyl (C=O) groups is 1. The first kappa shape index (κ1) is 19.7. The molecule has 0 aromatic heterocycles. The second-order valence-corrected chi connectivity index (χ2v) is 6.42. The summed E-state index contributed by atoms with van der Waals surface area (Å²) in [7, 11) is 0. The zero-order chi connectivity index (χ0) is 18.1. The Balaban J connectivity index is 2.08. The predicted octanol–water partition coefficient (Wildman–Crippen LogP) is 3.01. The number of nitrogens with zero attached hydrogens (tertiary/aromatic N) is 1. The molecule has 140 valence electrons. The second kappa shape index (κ2) is 10.4. The van der Waals surface area contributed by atoms with Gasteiger partial charge < -0.3 is 14.8 Å². The number of hydrogen-bond acceptors (Lipinski definition) is 4. The van der Waals surface area contributed by atoms with Crippen molar-refractivity contribution < 1.29 is 14.3 Å². The molecule has 1 heterocycles. The number of benzene rings is 1. The minimum Gasteiger partial charge on any atom is -0.494 e. The van der Waals surface area contributed by atoms with Crippen LogP contribution in [0.4, 0.5) is 0 Å². The van der Waals surface area contributed by atoms with Crippen molar-refractivity contribution >= 4 is 5.91 Å². The molecule has 1 amide bonds. The van der Waals surface area contributed by atoms with Gasteiger partial charge in [0.1, 0.15) is 5.75 Å². The van der Waals surface area contributed by atoms with E-state index in [1.54, 1.807) is 0 Å². The molecule has 0 bridgehead atoms. The van der Waals surface area contributed by atoms with Gasteiger partial charge >= 0.3 is 0 Å². The van der Waals surface area contributed by atoms with Crippen molar-refractivity contribution in [1.29, 1.82) is 0 Å². The van der Waals surface area contributed by atoms with Crippen LogP contribution in [0.5, 0.6) is 5.75 Å². The number of ether oxygens (including phenoxy) is 2. The highest BCUT2D eigenvalue weighted by atomic mass is 16.5. The Morgan fingerprint density at radius 1 is 1.16 bits per heavy atom. The zero-order valence-electron chi connectivity index (χ0n) is 15.8. The maximum Gasteiger partial charge on any atom is 0.223 e. The third-order valence-corrected chi connectivity index (χ3v) is 4.89. The first-order valence-electron chi connectivity index (χ1n) is 9.51. The van der Waals surface area contributed by atoms with E-state index in [0.29, 0.717) is 13.2 Å². The molecule has 1 aromatic rings. The summed E-state index contributed by atoms with van der Waals surface area (Å²) in [5.74, 6) is 1.15. The maximum atomic E-state index is 12.4. The third-order valence-electron chi connectivity index (χ3n) is 4.89. The lowest BCUT2D eigenvalue weighted by Gasteiger charge is -2.35. The van der Waals surface area contributed by atoms with E-state index in [1.807, 2.05) is 19.1 Å². The normalized spacial score (nSPS) is 16.6. The number of morpholine rings is 1.